The van der Waals surface area contributed by atoms with E-state index in [0.29, 0.717) is 5.69 Å². The van der Waals surface area contributed by atoms with Crippen LogP contribution in [0, 0.1) is 0 Å². The van der Waals surface area contributed by atoms with Crippen LogP contribution in [0.4, 0.5) is 19.3 Å². The molecule has 1 N–H and O–H groups in total. The molecule has 1 aliphatic rings. The van der Waals surface area contributed by atoms with Gasteiger partial charge in [0, 0.05) is 13.6 Å². The number of halogens is 2. The second-order valence-corrected chi connectivity index (χ2v) is 4.49. The number of rotatable bonds is 2. The molecular formula is C11H16F2N4O3. The van der Waals surface area contributed by atoms with Gasteiger partial charge in [0.25, 0.3) is 11.8 Å². The Kier molecular flexibility index (Phi) is 4.07. The first kappa shape index (κ1) is 14.5. The highest BCUT2D eigenvalue weighted by molar-refractivity contribution is 5.90. The van der Waals surface area contributed by atoms with Gasteiger partial charge in [-0.05, 0) is 0 Å². The second-order valence-electron chi connectivity index (χ2n) is 4.49. The number of nitrogens with one attached hydrogen (secondary N) is 1. The zero-order chi connectivity index (χ0) is 14.8. The first-order chi connectivity index (χ1) is 9.41. The Labute approximate surface area is 114 Å². The van der Waals surface area contributed by atoms with Gasteiger partial charge in [0.1, 0.15) is 12.3 Å². The highest BCUT2D eigenvalue weighted by Crippen LogP contribution is 2.23. The maximum atomic E-state index is 13.4. The molecule has 0 spiro atoms. The van der Waals surface area contributed by atoms with Crippen molar-refractivity contribution in [3.05, 3.63) is 6.20 Å². The molecule has 1 saturated heterocycles. The summed E-state index contributed by atoms with van der Waals surface area (Å²) in [6.07, 6.45) is 1.53. The van der Waals surface area contributed by atoms with Gasteiger partial charge in [0.2, 0.25) is 0 Å². The van der Waals surface area contributed by atoms with Crippen molar-refractivity contribution < 1.29 is 23.0 Å². The molecule has 2 heterocycles. The normalized spacial score (nSPS) is 18.5. The van der Waals surface area contributed by atoms with Crippen LogP contribution < -0.4 is 10.1 Å². The van der Waals surface area contributed by atoms with Gasteiger partial charge in [-0.15, -0.1) is 5.10 Å². The number of anilines is 1. The van der Waals surface area contributed by atoms with Crippen LogP contribution in [0.2, 0.25) is 0 Å². The molecular weight excluding hydrogens is 274 g/mol. The van der Waals surface area contributed by atoms with Crippen LogP contribution in [0.5, 0.6) is 5.88 Å². The number of hydrogen-bond donors (Lipinski definition) is 1. The van der Waals surface area contributed by atoms with E-state index in [9.17, 15) is 13.6 Å². The van der Waals surface area contributed by atoms with Crippen LogP contribution in [0.1, 0.15) is 0 Å². The molecule has 2 amide bonds. The van der Waals surface area contributed by atoms with Gasteiger partial charge in [-0.1, -0.05) is 0 Å². The van der Waals surface area contributed by atoms with Crippen LogP contribution in [0.25, 0.3) is 0 Å². The topological polar surface area (TPSA) is 68.6 Å². The lowest BCUT2D eigenvalue weighted by atomic mass is 10.3. The number of amides is 2. The Balaban J connectivity index is 2.06. The maximum Gasteiger partial charge on any atom is 0.322 e. The summed E-state index contributed by atoms with van der Waals surface area (Å²) in [4.78, 5) is 13.0. The Bertz CT molecular complexity index is 492. The van der Waals surface area contributed by atoms with Crippen molar-refractivity contribution in [2.75, 3.05) is 38.7 Å². The van der Waals surface area contributed by atoms with E-state index in [1.807, 2.05) is 0 Å². The molecule has 0 radical (unpaired) electrons. The second kappa shape index (κ2) is 5.61. The van der Waals surface area contributed by atoms with Gasteiger partial charge in [-0.25, -0.2) is 13.6 Å². The van der Waals surface area contributed by atoms with Crippen molar-refractivity contribution in [3.63, 3.8) is 0 Å². The van der Waals surface area contributed by atoms with Gasteiger partial charge in [-0.2, -0.15) is 0 Å². The number of aromatic nitrogens is 2. The standard InChI is InChI=1S/C11H16F2N4O3/c1-16-5-8(9(15-16)19-2)14-10(18)17-3-4-20-7-11(12,13)6-17/h5H,3-4,6-7H2,1-2H3,(H,14,18). The van der Waals surface area contributed by atoms with Gasteiger partial charge in [0.15, 0.2) is 0 Å². The minimum Gasteiger partial charge on any atom is -0.478 e. The Morgan fingerprint density at radius 3 is 3.05 bits per heavy atom. The third kappa shape index (κ3) is 3.35. The van der Waals surface area contributed by atoms with E-state index in [1.54, 1.807) is 7.05 Å². The third-order valence-electron chi connectivity index (χ3n) is 2.76. The highest BCUT2D eigenvalue weighted by atomic mass is 19.3. The number of hydrogen-bond acceptors (Lipinski definition) is 4. The van der Waals surface area contributed by atoms with Crippen LogP contribution in [0.3, 0.4) is 0 Å². The fraction of sp³-hybridized carbons (Fsp3) is 0.636. The van der Waals surface area contributed by atoms with Crippen LogP contribution in [0.15, 0.2) is 6.20 Å². The number of urea groups is 1. The molecule has 0 aromatic carbocycles. The molecule has 1 aliphatic heterocycles. The van der Waals surface area contributed by atoms with Gasteiger partial charge in [0.05, 0.1) is 26.5 Å². The molecule has 0 aliphatic carbocycles. The first-order valence-electron chi connectivity index (χ1n) is 6.00. The van der Waals surface area contributed by atoms with Crippen LogP contribution >= 0.6 is 0 Å². The van der Waals surface area contributed by atoms with E-state index < -0.39 is 25.1 Å². The molecule has 0 bridgehead atoms. The fourth-order valence-electron chi connectivity index (χ4n) is 1.87. The summed E-state index contributed by atoms with van der Waals surface area (Å²) in [7, 11) is 3.07. The van der Waals surface area contributed by atoms with Gasteiger partial charge in [-0.3, -0.25) is 4.68 Å². The number of methoxy groups -OCH3 is 1. The number of carbonyl (C=O) groups excluding carboxylic acids is 1. The lowest BCUT2D eigenvalue weighted by Gasteiger charge is -2.23. The van der Waals surface area contributed by atoms with E-state index in [1.165, 1.54) is 18.0 Å². The molecule has 112 valence electrons. The van der Waals surface area contributed by atoms with E-state index in [4.69, 9.17) is 9.47 Å². The zero-order valence-electron chi connectivity index (χ0n) is 11.2. The van der Waals surface area contributed by atoms with Crippen molar-refractivity contribution >= 4 is 11.7 Å². The molecule has 2 rings (SSSR count). The van der Waals surface area contributed by atoms with Crippen molar-refractivity contribution in [1.29, 1.82) is 0 Å². The van der Waals surface area contributed by atoms with Crippen molar-refractivity contribution in [1.82, 2.24) is 14.7 Å². The number of carbonyl (C=O) groups is 1. The lowest BCUT2D eigenvalue weighted by molar-refractivity contribution is -0.0648. The molecule has 1 fully saturated rings. The summed E-state index contributed by atoms with van der Waals surface area (Å²) in [5, 5.41) is 6.47. The summed E-state index contributed by atoms with van der Waals surface area (Å²) in [5.41, 5.74) is 0.327. The molecule has 0 atom stereocenters. The number of ether oxygens (including phenoxy) is 2. The first-order valence-corrected chi connectivity index (χ1v) is 6.00. The molecule has 1 aromatic heterocycles. The summed E-state index contributed by atoms with van der Waals surface area (Å²) >= 11 is 0. The number of alkyl halides is 2. The summed E-state index contributed by atoms with van der Waals surface area (Å²) in [6, 6.07) is -0.638. The Morgan fingerprint density at radius 2 is 2.35 bits per heavy atom. The number of aryl methyl sites for hydroxylation is 1. The quantitative estimate of drug-likeness (QED) is 0.879. The van der Waals surface area contributed by atoms with E-state index in [2.05, 4.69) is 10.4 Å². The van der Waals surface area contributed by atoms with E-state index in [0.717, 1.165) is 4.90 Å². The van der Waals surface area contributed by atoms with Crippen molar-refractivity contribution in [2.24, 2.45) is 7.05 Å². The zero-order valence-corrected chi connectivity index (χ0v) is 11.2. The van der Waals surface area contributed by atoms with Crippen LogP contribution in [-0.4, -0.2) is 60.0 Å². The van der Waals surface area contributed by atoms with Gasteiger partial charge < -0.3 is 19.7 Å². The Hall–Kier alpha value is -1.90. The fourth-order valence-corrected chi connectivity index (χ4v) is 1.87. The monoisotopic (exact) mass is 290 g/mol. The third-order valence-corrected chi connectivity index (χ3v) is 2.76. The molecule has 7 nitrogen and oxygen atoms in total. The Morgan fingerprint density at radius 1 is 1.60 bits per heavy atom. The van der Waals surface area contributed by atoms with Crippen LogP contribution in [-0.2, 0) is 11.8 Å². The molecule has 20 heavy (non-hydrogen) atoms. The lowest BCUT2D eigenvalue weighted by Crippen LogP contribution is -2.43. The predicted molar refractivity (Wildman–Crippen MR) is 66.1 cm³/mol. The molecule has 9 heteroatoms. The van der Waals surface area contributed by atoms with Crippen molar-refractivity contribution in [3.8, 4) is 5.88 Å². The highest BCUT2D eigenvalue weighted by Gasteiger charge is 2.36. The van der Waals surface area contributed by atoms with E-state index >= 15 is 0 Å². The molecule has 0 unspecified atom stereocenters. The smallest absolute Gasteiger partial charge is 0.322 e. The average molecular weight is 290 g/mol. The summed E-state index contributed by atoms with van der Waals surface area (Å²) in [5.74, 6) is -2.83. The predicted octanol–water partition coefficient (Wildman–Crippen LogP) is 0.928. The molecule has 1 aromatic rings. The van der Waals surface area contributed by atoms with E-state index in [-0.39, 0.29) is 19.0 Å². The number of nitrogens with zero attached hydrogens (tertiary/aromatic N) is 3. The van der Waals surface area contributed by atoms with Crippen molar-refractivity contribution in [2.45, 2.75) is 5.92 Å². The SMILES string of the molecule is COc1nn(C)cc1NC(=O)N1CCOCC(F)(F)C1. The summed E-state index contributed by atoms with van der Waals surface area (Å²) in [6.45, 7) is -1.18. The van der Waals surface area contributed by atoms with Gasteiger partial charge >= 0.3 is 6.03 Å². The summed E-state index contributed by atoms with van der Waals surface area (Å²) < 4.78 is 38.0. The minimum absolute atomic E-state index is 0.0766. The average Bonchev–Trinajstić information content (AvgIpc) is 2.61. The minimum atomic E-state index is -3.05. The maximum absolute atomic E-state index is 13.4. The molecule has 0 saturated carbocycles. The largest absolute Gasteiger partial charge is 0.478 e.